The van der Waals surface area contributed by atoms with Crippen LogP contribution in [0.15, 0.2) is 168 Å². The zero-order chi connectivity index (χ0) is 47.0. The smallest absolute Gasteiger partial charge is 0.0120 e. The molecule has 0 N–H and O–H groups in total. The van der Waals surface area contributed by atoms with Gasteiger partial charge in [0.25, 0.3) is 0 Å². The zero-order valence-corrected chi connectivity index (χ0v) is 43.4. The SMILES string of the molecule is C1=CC(C2C3=C(C=CC(C4CC5C6C=CCCC6CC6C5C(C4)C4C(c5ccccc5)C5CC7C8CCC=CC8C8CCCC(C87)C5C(c5ccccc5)C64)C3)C(C3=CCCC=C3)C3CCC=CC23)=CCC1. The van der Waals surface area contributed by atoms with Gasteiger partial charge in [0.2, 0.25) is 0 Å². The Hall–Kier alpha value is -3.90. The number of hydrogen-bond acceptors (Lipinski definition) is 0. The standard InChI is InChI=1S/C72H84/c1-5-20-43(21-6-1)64-54-32-17-18-33-55(54)65(44-22-7-2-8-23-44)59-38-47(36-37-56(59)64)49-40-58-50-29-14-13-28-48(50)39-61-69(58)62(41-49)71-66(45-24-9-3-10-25-45)63-42-60-52-31-16-15-30-51(52)53-34-19-35-57(68(53)60)70(63)67(72(61)71)46-26-11-4-12-27-46/h3-5,7,9-12,14-15,18,20-27,29-30,33,36-37,47-55,57-58,60-72H,1-2,6,8,13,16-17,19,28,31-32,34-35,38-42H2. The van der Waals surface area contributed by atoms with Crippen LogP contribution in [0.4, 0.5) is 0 Å². The van der Waals surface area contributed by atoms with Crippen molar-refractivity contribution in [1.82, 2.24) is 0 Å². The van der Waals surface area contributed by atoms with Crippen LogP contribution in [0.1, 0.15) is 139 Å². The number of fused-ring (bicyclic) bond motifs is 11. The molecule has 0 spiro atoms. The molecule has 0 heterocycles. The van der Waals surface area contributed by atoms with Gasteiger partial charge < -0.3 is 0 Å². The molecule has 0 amide bonds. The average Bonchev–Trinajstić information content (AvgIpc) is 3.95. The summed E-state index contributed by atoms with van der Waals surface area (Å²) < 4.78 is 0. The molecule has 0 radical (unpaired) electrons. The van der Waals surface area contributed by atoms with Crippen molar-refractivity contribution < 1.29 is 0 Å². The Morgan fingerprint density at radius 2 is 0.986 bits per heavy atom. The van der Waals surface area contributed by atoms with Gasteiger partial charge in [0.1, 0.15) is 0 Å². The largest absolute Gasteiger partial charge is 0.0882 e. The van der Waals surface area contributed by atoms with Crippen molar-refractivity contribution in [3.05, 3.63) is 179 Å². The highest BCUT2D eigenvalue weighted by molar-refractivity contribution is 5.51. The van der Waals surface area contributed by atoms with Crippen LogP contribution in [-0.4, -0.2) is 0 Å². The lowest BCUT2D eigenvalue weighted by molar-refractivity contribution is -0.0867. The molecule has 2 aromatic rings. The average molecular weight is 949 g/mol. The molecule has 0 aliphatic heterocycles. The van der Waals surface area contributed by atoms with E-state index in [1.54, 1.807) is 27.8 Å². The van der Waals surface area contributed by atoms with E-state index in [1.165, 1.54) is 116 Å². The topological polar surface area (TPSA) is 0 Å². The van der Waals surface area contributed by atoms with Gasteiger partial charge >= 0.3 is 0 Å². The van der Waals surface area contributed by atoms with E-state index >= 15 is 0 Å². The van der Waals surface area contributed by atoms with Gasteiger partial charge in [-0.1, -0.05) is 158 Å². The van der Waals surface area contributed by atoms with Gasteiger partial charge in [0, 0.05) is 11.8 Å². The van der Waals surface area contributed by atoms with E-state index < -0.39 is 0 Å². The first-order valence-corrected chi connectivity index (χ1v) is 31.0. The predicted molar refractivity (Wildman–Crippen MR) is 296 cm³/mol. The van der Waals surface area contributed by atoms with Crippen molar-refractivity contribution in [3.8, 4) is 0 Å². The lowest BCUT2D eigenvalue weighted by Crippen LogP contribution is -2.54. The van der Waals surface area contributed by atoms with Gasteiger partial charge in [-0.05, 0) is 267 Å². The van der Waals surface area contributed by atoms with Crippen LogP contribution in [0.5, 0.6) is 0 Å². The molecule has 0 nitrogen and oxygen atoms in total. The Labute approximate surface area is 434 Å². The molecule has 0 heteroatoms. The predicted octanol–water partition coefficient (Wildman–Crippen LogP) is 17.8. The van der Waals surface area contributed by atoms with E-state index in [-0.39, 0.29) is 0 Å². The van der Waals surface area contributed by atoms with Gasteiger partial charge in [0.05, 0.1) is 0 Å². The zero-order valence-electron chi connectivity index (χ0n) is 43.4. The maximum Gasteiger partial charge on any atom is 0.0120 e. The molecule has 2 aromatic carbocycles. The van der Waals surface area contributed by atoms with Crippen LogP contribution >= 0.6 is 0 Å². The molecule has 0 aromatic heterocycles. The Kier molecular flexibility index (Phi) is 11.0. The van der Waals surface area contributed by atoms with Crippen LogP contribution in [0.25, 0.3) is 0 Å². The monoisotopic (exact) mass is 949 g/mol. The third kappa shape index (κ3) is 6.72. The summed E-state index contributed by atoms with van der Waals surface area (Å²) in [5, 5.41) is 0. The molecular formula is C72H84. The highest BCUT2D eigenvalue weighted by Gasteiger charge is 2.70. The Balaban J connectivity index is 0.833. The van der Waals surface area contributed by atoms with E-state index in [2.05, 4.69) is 146 Å². The first-order valence-electron chi connectivity index (χ1n) is 31.0. The number of benzene rings is 2. The van der Waals surface area contributed by atoms with E-state index in [1.807, 2.05) is 5.57 Å². The molecule has 14 aliphatic rings. The Bertz CT molecular complexity index is 2680. The maximum absolute atomic E-state index is 2.89. The van der Waals surface area contributed by atoms with Gasteiger partial charge in [-0.2, -0.15) is 0 Å². The minimum atomic E-state index is 0.542. The van der Waals surface area contributed by atoms with Crippen LogP contribution < -0.4 is 0 Å². The molecule has 16 rings (SSSR count). The van der Waals surface area contributed by atoms with Gasteiger partial charge in [0.15, 0.2) is 0 Å². The molecule has 372 valence electrons. The number of allylic oxidation sites excluding steroid dienone is 18. The first kappa shape index (κ1) is 44.4. The van der Waals surface area contributed by atoms with Gasteiger partial charge in [-0.3, -0.25) is 0 Å². The van der Waals surface area contributed by atoms with E-state index in [9.17, 15) is 0 Å². The number of hydrogen-bond donors (Lipinski definition) is 0. The van der Waals surface area contributed by atoms with Gasteiger partial charge in [-0.25, -0.2) is 0 Å². The molecular weight excluding hydrogens is 865 g/mol. The molecule has 7 fully saturated rings. The second kappa shape index (κ2) is 17.9. The first-order chi connectivity index (χ1) is 35.8. The Morgan fingerprint density at radius 3 is 1.74 bits per heavy atom. The number of rotatable bonds is 5. The third-order valence-electron chi connectivity index (χ3n) is 25.2. The fourth-order valence-electron chi connectivity index (χ4n) is 23.6. The quantitative estimate of drug-likeness (QED) is 0.262. The summed E-state index contributed by atoms with van der Waals surface area (Å²) in [7, 11) is 0. The molecule has 0 bridgehead atoms. The minimum absolute atomic E-state index is 0.542. The summed E-state index contributed by atoms with van der Waals surface area (Å²) in [6.07, 6.45) is 62.2. The highest BCUT2D eigenvalue weighted by atomic mass is 14.7. The summed E-state index contributed by atoms with van der Waals surface area (Å²) >= 11 is 0. The van der Waals surface area contributed by atoms with Crippen molar-refractivity contribution >= 4 is 0 Å². The summed E-state index contributed by atoms with van der Waals surface area (Å²) in [5.74, 6) is 19.1. The van der Waals surface area contributed by atoms with Crippen molar-refractivity contribution in [2.45, 2.75) is 127 Å². The van der Waals surface area contributed by atoms with Gasteiger partial charge in [-0.15, -0.1) is 0 Å². The fourth-order valence-corrected chi connectivity index (χ4v) is 23.6. The molecule has 14 aliphatic carbocycles. The van der Waals surface area contributed by atoms with Crippen molar-refractivity contribution in [2.24, 2.45) is 130 Å². The third-order valence-corrected chi connectivity index (χ3v) is 25.2. The van der Waals surface area contributed by atoms with Crippen LogP contribution in [0.2, 0.25) is 0 Å². The second-order valence-corrected chi connectivity index (χ2v) is 27.4. The highest BCUT2D eigenvalue weighted by Crippen LogP contribution is 2.77. The lowest BCUT2D eigenvalue weighted by atomic mass is 9.43. The van der Waals surface area contributed by atoms with Crippen LogP contribution in [-0.2, 0) is 0 Å². The molecule has 24 atom stereocenters. The van der Waals surface area contributed by atoms with Crippen molar-refractivity contribution in [3.63, 3.8) is 0 Å². The van der Waals surface area contributed by atoms with E-state index in [0.717, 1.165) is 101 Å². The maximum atomic E-state index is 2.89. The van der Waals surface area contributed by atoms with Crippen LogP contribution in [0, 0.1) is 130 Å². The summed E-state index contributed by atoms with van der Waals surface area (Å²) in [6.45, 7) is 0. The minimum Gasteiger partial charge on any atom is -0.0882 e. The summed E-state index contributed by atoms with van der Waals surface area (Å²) in [6, 6.07) is 25.2. The van der Waals surface area contributed by atoms with Crippen molar-refractivity contribution in [1.29, 1.82) is 0 Å². The van der Waals surface area contributed by atoms with E-state index in [0.29, 0.717) is 41.4 Å². The normalized spacial score (nSPS) is 48.7. The Morgan fingerprint density at radius 1 is 0.361 bits per heavy atom. The van der Waals surface area contributed by atoms with Crippen molar-refractivity contribution in [2.75, 3.05) is 0 Å². The lowest BCUT2D eigenvalue weighted by Gasteiger charge is -2.61. The second-order valence-electron chi connectivity index (χ2n) is 27.4. The molecule has 0 saturated heterocycles. The van der Waals surface area contributed by atoms with Crippen LogP contribution in [0.3, 0.4) is 0 Å². The summed E-state index contributed by atoms with van der Waals surface area (Å²) in [4.78, 5) is 0. The summed E-state index contributed by atoms with van der Waals surface area (Å²) in [5.41, 5.74) is 10.4. The fraction of sp³-hybridized carbons (Fsp3) is 0.583. The van der Waals surface area contributed by atoms with E-state index in [4.69, 9.17) is 0 Å². The molecule has 7 saturated carbocycles. The molecule has 72 heavy (non-hydrogen) atoms. The molecule has 24 unspecified atom stereocenters.